The molecule has 2 radical (unpaired) electrons. The van der Waals surface area contributed by atoms with Gasteiger partial charge in [0.15, 0.2) is 5.65 Å². The number of rotatable bonds is 5. The predicted octanol–water partition coefficient (Wildman–Crippen LogP) is 2.33. The number of nitrogens with one attached hydrogen (secondary N) is 1. The summed E-state index contributed by atoms with van der Waals surface area (Å²) >= 11 is 0. The van der Waals surface area contributed by atoms with Gasteiger partial charge in [0.05, 0.1) is 5.69 Å². The summed E-state index contributed by atoms with van der Waals surface area (Å²) < 4.78 is 16.0. The maximum absolute atomic E-state index is 14.4. The molecule has 1 saturated heterocycles. The van der Waals surface area contributed by atoms with Gasteiger partial charge >= 0.3 is 0 Å². The van der Waals surface area contributed by atoms with E-state index in [1.54, 1.807) is 28.8 Å². The maximum Gasteiger partial charge on any atom is 0.253 e. The molecule has 1 aliphatic heterocycles. The largest absolute Gasteiger partial charge is 0.366 e. The van der Waals surface area contributed by atoms with Crippen molar-refractivity contribution in [3.05, 3.63) is 77.7 Å². The van der Waals surface area contributed by atoms with Crippen LogP contribution in [-0.2, 0) is 6.54 Å². The monoisotopic (exact) mass is 454 g/mol. The number of carbonyl (C=O) groups is 1. The molecule has 3 heterocycles. The van der Waals surface area contributed by atoms with E-state index in [2.05, 4.69) is 27.3 Å². The number of nitrogens with zero attached hydrogens (tertiary/aromatic N) is 5. The summed E-state index contributed by atoms with van der Waals surface area (Å²) in [4.78, 5) is 21.6. The number of carbonyl (C=O) groups excluding carboxylic acids is 1. The molecule has 2 aromatic carbocycles. The first-order valence-electron chi connectivity index (χ1n) is 11.2. The van der Waals surface area contributed by atoms with Crippen molar-refractivity contribution in [1.82, 2.24) is 24.4 Å². The fourth-order valence-corrected chi connectivity index (χ4v) is 4.11. The fourth-order valence-electron chi connectivity index (χ4n) is 4.11. The van der Waals surface area contributed by atoms with Gasteiger partial charge in [0, 0.05) is 56.1 Å². The highest BCUT2D eigenvalue weighted by atomic mass is 19.1. The van der Waals surface area contributed by atoms with E-state index in [-0.39, 0.29) is 11.7 Å². The minimum atomic E-state index is -0.362. The topological polar surface area (TPSA) is 65.8 Å². The Kier molecular flexibility index (Phi) is 6.02. The van der Waals surface area contributed by atoms with Gasteiger partial charge in [0.25, 0.3) is 5.91 Å². The lowest BCUT2D eigenvalue weighted by atomic mass is 10.0. The average Bonchev–Trinajstić information content (AvgIpc) is 3.24. The van der Waals surface area contributed by atoms with Crippen LogP contribution in [0.1, 0.15) is 15.9 Å². The molecule has 2 aromatic heterocycles. The second-order valence-electron chi connectivity index (χ2n) is 8.49. The SMILES string of the molecule is [B]c1cnn2c(NCc3cccc(C(=O)N4CCN(C)CC4)c3)cc(-c3ccccc3F)nc12. The van der Waals surface area contributed by atoms with E-state index in [9.17, 15) is 9.18 Å². The summed E-state index contributed by atoms with van der Waals surface area (Å²) in [5.74, 6) is 0.303. The van der Waals surface area contributed by atoms with E-state index < -0.39 is 0 Å². The molecule has 1 amide bonds. The molecule has 0 saturated carbocycles. The Bertz CT molecular complexity index is 1350. The summed E-state index contributed by atoms with van der Waals surface area (Å²) in [6.07, 6.45) is 1.52. The van der Waals surface area contributed by atoms with E-state index >= 15 is 0 Å². The number of halogens is 1. The maximum atomic E-state index is 14.4. The Morgan fingerprint density at radius 1 is 1.09 bits per heavy atom. The third-order valence-electron chi connectivity index (χ3n) is 6.09. The highest BCUT2D eigenvalue weighted by Gasteiger charge is 2.20. The van der Waals surface area contributed by atoms with Gasteiger partial charge in [-0.1, -0.05) is 24.3 Å². The van der Waals surface area contributed by atoms with Crippen LogP contribution in [0.5, 0.6) is 0 Å². The molecule has 5 rings (SSSR count). The minimum Gasteiger partial charge on any atom is -0.366 e. The number of anilines is 1. The van der Waals surface area contributed by atoms with E-state index in [1.807, 2.05) is 29.2 Å². The van der Waals surface area contributed by atoms with Crippen molar-refractivity contribution in [2.45, 2.75) is 6.54 Å². The van der Waals surface area contributed by atoms with Crippen LogP contribution in [-0.4, -0.2) is 71.4 Å². The van der Waals surface area contributed by atoms with Gasteiger partial charge in [-0.05, 0) is 42.3 Å². The van der Waals surface area contributed by atoms with Gasteiger partial charge in [-0.25, -0.2) is 9.37 Å². The van der Waals surface area contributed by atoms with Crippen LogP contribution in [0.25, 0.3) is 16.9 Å². The van der Waals surface area contributed by atoms with Crippen molar-refractivity contribution in [3.63, 3.8) is 0 Å². The van der Waals surface area contributed by atoms with Gasteiger partial charge in [-0.2, -0.15) is 9.61 Å². The summed E-state index contributed by atoms with van der Waals surface area (Å²) in [5, 5.41) is 7.66. The summed E-state index contributed by atoms with van der Waals surface area (Å²) in [5.41, 5.74) is 3.30. The normalized spacial score (nSPS) is 14.5. The molecule has 1 aliphatic rings. The first-order chi connectivity index (χ1) is 16.5. The number of aromatic nitrogens is 3. The number of hydrogen-bond donors (Lipinski definition) is 1. The van der Waals surface area contributed by atoms with Crippen molar-refractivity contribution in [2.24, 2.45) is 0 Å². The molecule has 0 spiro atoms. The second-order valence-corrected chi connectivity index (χ2v) is 8.49. The number of hydrogen-bond acceptors (Lipinski definition) is 5. The number of amides is 1. The predicted molar refractivity (Wildman–Crippen MR) is 131 cm³/mol. The molecule has 9 heteroatoms. The molecule has 0 bridgehead atoms. The lowest BCUT2D eigenvalue weighted by Crippen LogP contribution is -2.47. The molecule has 1 fully saturated rings. The van der Waals surface area contributed by atoms with Crippen LogP contribution in [0, 0.1) is 5.82 Å². The molecule has 7 nitrogen and oxygen atoms in total. The average molecular weight is 454 g/mol. The summed E-state index contributed by atoms with van der Waals surface area (Å²) in [6, 6.07) is 15.8. The smallest absolute Gasteiger partial charge is 0.253 e. The summed E-state index contributed by atoms with van der Waals surface area (Å²) in [7, 11) is 8.12. The number of fused-ring (bicyclic) bond motifs is 1. The Labute approximate surface area is 198 Å². The van der Waals surface area contributed by atoms with E-state index in [0.29, 0.717) is 40.3 Å². The Hall–Kier alpha value is -3.72. The minimum absolute atomic E-state index is 0.0444. The first-order valence-corrected chi connectivity index (χ1v) is 11.2. The highest BCUT2D eigenvalue weighted by Crippen LogP contribution is 2.24. The lowest BCUT2D eigenvalue weighted by molar-refractivity contribution is 0.0664. The first kappa shape index (κ1) is 22.1. The van der Waals surface area contributed by atoms with Crippen molar-refractivity contribution in [2.75, 3.05) is 38.5 Å². The van der Waals surface area contributed by atoms with Gasteiger partial charge in [-0.3, -0.25) is 4.79 Å². The van der Waals surface area contributed by atoms with E-state index in [4.69, 9.17) is 7.85 Å². The number of likely N-dealkylation sites (N-methyl/N-ethyl adjacent to an activating group) is 1. The molecule has 0 unspecified atom stereocenters. The lowest BCUT2D eigenvalue weighted by Gasteiger charge is -2.32. The molecule has 0 aliphatic carbocycles. The molecule has 34 heavy (non-hydrogen) atoms. The molecule has 170 valence electrons. The second kappa shape index (κ2) is 9.27. The number of piperazine rings is 1. The van der Waals surface area contributed by atoms with Crippen molar-refractivity contribution < 1.29 is 9.18 Å². The third kappa shape index (κ3) is 4.39. The van der Waals surface area contributed by atoms with Crippen LogP contribution >= 0.6 is 0 Å². The standard InChI is InChI=1S/C25H24BFN6O/c1-31-9-11-32(12-10-31)25(34)18-6-4-5-17(13-18)15-28-23-14-22(19-7-2-3-8-21(19)27)30-24-20(26)16-29-33(23)24/h2-8,13-14,16,28H,9-12,15H2,1H3. The van der Waals surface area contributed by atoms with Crippen LogP contribution in [0.15, 0.2) is 60.8 Å². The highest BCUT2D eigenvalue weighted by molar-refractivity contribution is 6.36. The molecule has 1 N–H and O–H groups in total. The van der Waals surface area contributed by atoms with Crippen LogP contribution in [0.4, 0.5) is 10.2 Å². The van der Waals surface area contributed by atoms with Gasteiger partial charge in [0.2, 0.25) is 0 Å². The zero-order chi connectivity index (χ0) is 23.7. The zero-order valence-corrected chi connectivity index (χ0v) is 18.9. The summed E-state index contributed by atoms with van der Waals surface area (Å²) in [6.45, 7) is 3.66. The zero-order valence-electron chi connectivity index (χ0n) is 18.9. The number of benzene rings is 2. The third-order valence-corrected chi connectivity index (χ3v) is 6.09. The van der Waals surface area contributed by atoms with E-state index in [0.717, 1.165) is 31.7 Å². The van der Waals surface area contributed by atoms with Gasteiger partial charge in [-0.15, -0.1) is 0 Å². The van der Waals surface area contributed by atoms with Crippen molar-refractivity contribution in [3.8, 4) is 11.3 Å². The van der Waals surface area contributed by atoms with Crippen LogP contribution in [0.3, 0.4) is 0 Å². The molecular formula is C25H24BFN6O. The van der Waals surface area contributed by atoms with E-state index in [1.165, 1.54) is 12.3 Å². The van der Waals surface area contributed by atoms with Crippen LogP contribution in [0.2, 0.25) is 0 Å². The fraction of sp³-hybridized carbons (Fsp3) is 0.240. The van der Waals surface area contributed by atoms with Crippen LogP contribution < -0.4 is 10.8 Å². The Morgan fingerprint density at radius 2 is 1.88 bits per heavy atom. The Morgan fingerprint density at radius 3 is 2.68 bits per heavy atom. The van der Waals surface area contributed by atoms with Gasteiger partial charge in [0.1, 0.15) is 19.5 Å². The Balaban J connectivity index is 1.40. The van der Waals surface area contributed by atoms with Crippen molar-refractivity contribution >= 4 is 30.7 Å². The quantitative estimate of drug-likeness (QED) is 0.469. The molecule has 0 atom stereocenters. The molecule has 4 aromatic rings. The molecular weight excluding hydrogens is 430 g/mol. The van der Waals surface area contributed by atoms with Gasteiger partial charge < -0.3 is 15.1 Å². The van der Waals surface area contributed by atoms with Crippen molar-refractivity contribution in [1.29, 1.82) is 0 Å².